The molecule has 0 saturated carbocycles. The van der Waals surface area contributed by atoms with Crippen LogP contribution in [0.2, 0.25) is 0 Å². The Kier molecular flexibility index (Phi) is 10.8. The predicted molar refractivity (Wildman–Crippen MR) is 132 cm³/mol. The van der Waals surface area contributed by atoms with Crippen molar-refractivity contribution < 1.29 is 4.74 Å². The minimum absolute atomic E-state index is 0. The van der Waals surface area contributed by atoms with Gasteiger partial charge in [-0.2, -0.15) is 0 Å². The van der Waals surface area contributed by atoms with E-state index >= 15 is 0 Å². The Labute approximate surface area is 196 Å². The molecule has 0 spiro atoms. The van der Waals surface area contributed by atoms with Crippen LogP contribution in [0.5, 0.6) is 0 Å². The molecule has 1 aliphatic rings. The van der Waals surface area contributed by atoms with E-state index in [1.165, 1.54) is 0 Å². The van der Waals surface area contributed by atoms with E-state index in [9.17, 15) is 0 Å². The van der Waals surface area contributed by atoms with E-state index < -0.39 is 0 Å². The number of aryl methyl sites for hydroxylation is 1. The Morgan fingerprint density at radius 3 is 2.97 bits per heavy atom. The molecule has 0 bridgehead atoms. The van der Waals surface area contributed by atoms with Gasteiger partial charge in [-0.05, 0) is 31.4 Å². The molecule has 0 radical (unpaired) electrons. The maximum Gasteiger partial charge on any atom is 0.191 e. The number of ether oxygens (including phenoxy) is 1. The van der Waals surface area contributed by atoms with E-state index in [4.69, 9.17) is 9.73 Å². The summed E-state index contributed by atoms with van der Waals surface area (Å²) in [6.45, 7) is 12.9. The van der Waals surface area contributed by atoms with E-state index in [0.29, 0.717) is 12.5 Å². The molecule has 30 heavy (non-hydrogen) atoms. The third-order valence-corrected chi connectivity index (χ3v) is 4.90. The zero-order valence-corrected chi connectivity index (χ0v) is 20.7. The van der Waals surface area contributed by atoms with Crippen LogP contribution in [0.15, 0.2) is 29.4 Å². The largest absolute Gasteiger partial charge is 0.374 e. The lowest BCUT2D eigenvalue weighted by Gasteiger charge is -2.33. The quantitative estimate of drug-likeness (QED) is 0.225. The number of morpholine rings is 1. The average molecular weight is 529 g/mol. The summed E-state index contributed by atoms with van der Waals surface area (Å²) in [6.07, 6.45) is 4.01. The fourth-order valence-electron chi connectivity index (χ4n) is 3.62. The van der Waals surface area contributed by atoms with Gasteiger partial charge in [0.15, 0.2) is 11.6 Å². The number of nitrogens with one attached hydrogen (secondary N) is 2. The van der Waals surface area contributed by atoms with Gasteiger partial charge in [-0.3, -0.25) is 14.3 Å². The maximum absolute atomic E-state index is 5.91. The molecule has 1 unspecified atom stereocenters. The van der Waals surface area contributed by atoms with Crippen molar-refractivity contribution in [2.75, 3.05) is 45.9 Å². The van der Waals surface area contributed by atoms with Gasteiger partial charge >= 0.3 is 0 Å². The minimum Gasteiger partial charge on any atom is -0.374 e. The highest BCUT2D eigenvalue weighted by atomic mass is 127. The highest BCUT2D eigenvalue weighted by molar-refractivity contribution is 14.0. The smallest absolute Gasteiger partial charge is 0.191 e. The normalized spacial score (nSPS) is 17.9. The highest BCUT2D eigenvalue weighted by Gasteiger charge is 2.20. The number of halogens is 1. The molecule has 2 N–H and O–H groups in total. The zero-order valence-electron chi connectivity index (χ0n) is 18.4. The molecule has 8 nitrogen and oxygen atoms in total. The van der Waals surface area contributed by atoms with Crippen molar-refractivity contribution in [2.45, 2.75) is 39.7 Å². The van der Waals surface area contributed by atoms with E-state index in [1.54, 1.807) is 0 Å². The molecule has 1 aliphatic heterocycles. The summed E-state index contributed by atoms with van der Waals surface area (Å²) in [5.74, 6) is 2.52. The predicted octanol–water partition coefficient (Wildman–Crippen LogP) is 2.19. The first-order valence-corrected chi connectivity index (χ1v) is 10.8. The minimum atomic E-state index is 0. The van der Waals surface area contributed by atoms with Crippen molar-refractivity contribution in [1.82, 2.24) is 30.1 Å². The Bertz CT molecular complexity index is 780. The molecule has 0 aromatic carbocycles. The van der Waals surface area contributed by atoms with Crippen molar-refractivity contribution in [3.8, 4) is 0 Å². The molecule has 9 heteroatoms. The molecule has 0 amide bonds. The van der Waals surface area contributed by atoms with Gasteiger partial charge in [0.1, 0.15) is 5.82 Å². The molecule has 3 heterocycles. The van der Waals surface area contributed by atoms with Gasteiger partial charge < -0.3 is 15.4 Å². The van der Waals surface area contributed by atoms with Crippen LogP contribution in [0.4, 0.5) is 0 Å². The maximum atomic E-state index is 5.91. The molecule has 168 valence electrons. The third-order valence-electron chi connectivity index (χ3n) is 4.90. The summed E-state index contributed by atoms with van der Waals surface area (Å²) >= 11 is 0. The fourth-order valence-corrected chi connectivity index (χ4v) is 3.62. The standard InChI is InChI=1S/C21H35N7O.HI/c1-4-22-21(24-14-18-16-27(12-13-29-18)15-17(2)3)23-10-7-9-20-26-25-19-8-5-6-11-28(19)20;/h5-6,8,11,17-18H,4,7,9-10,12-16H2,1-3H3,(H2,22,23,24);1H. The topological polar surface area (TPSA) is 79.1 Å². The number of aromatic nitrogens is 3. The first-order chi connectivity index (χ1) is 14.2. The van der Waals surface area contributed by atoms with Crippen LogP contribution in [0.25, 0.3) is 5.65 Å². The van der Waals surface area contributed by atoms with Crippen molar-refractivity contribution in [3.05, 3.63) is 30.2 Å². The van der Waals surface area contributed by atoms with Gasteiger partial charge in [-0.1, -0.05) is 19.9 Å². The number of nitrogens with zero attached hydrogens (tertiary/aromatic N) is 5. The molecule has 1 atom stereocenters. The molecular weight excluding hydrogens is 493 g/mol. The van der Waals surface area contributed by atoms with Crippen LogP contribution in [-0.4, -0.2) is 77.4 Å². The summed E-state index contributed by atoms with van der Waals surface area (Å²) in [5.41, 5.74) is 0.893. The van der Waals surface area contributed by atoms with Gasteiger partial charge in [0, 0.05) is 45.3 Å². The van der Waals surface area contributed by atoms with Crippen LogP contribution in [-0.2, 0) is 11.2 Å². The second-order valence-electron chi connectivity index (χ2n) is 7.94. The number of guanidine groups is 1. The van der Waals surface area contributed by atoms with Gasteiger partial charge in [0.05, 0.1) is 19.3 Å². The van der Waals surface area contributed by atoms with Crippen molar-refractivity contribution in [3.63, 3.8) is 0 Å². The number of rotatable bonds is 9. The molecule has 0 aliphatic carbocycles. The number of hydrogen-bond donors (Lipinski definition) is 2. The fraction of sp³-hybridized carbons (Fsp3) is 0.667. The van der Waals surface area contributed by atoms with E-state index in [0.717, 1.165) is 69.6 Å². The van der Waals surface area contributed by atoms with Gasteiger partial charge in [-0.25, -0.2) is 0 Å². The van der Waals surface area contributed by atoms with Crippen LogP contribution >= 0.6 is 24.0 Å². The van der Waals surface area contributed by atoms with Crippen molar-refractivity contribution in [2.24, 2.45) is 10.9 Å². The molecular formula is C21H36IN7O. The number of hydrogen-bond acceptors (Lipinski definition) is 5. The Morgan fingerprint density at radius 1 is 1.30 bits per heavy atom. The lowest BCUT2D eigenvalue weighted by molar-refractivity contribution is -0.0261. The molecule has 2 aromatic heterocycles. The number of fused-ring (bicyclic) bond motifs is 1. The lowest BCUT2D eigenvalue weighted by atomic mass is 10.2. The Balaban J connectivity index is 0.00000320. The van der Waals surface area contributed by atoms with E-state index in [2.05, 4.69) is 46.5 Å². The summed E-state index contributed by atoms with van der Waals surface area (Å²) in [4.78, 5) is 7.23. The van der Waals surface area contributed by atoms with Gasteiger partial charge in [0.25, 0.3) is 0 Å². The molecule has 3 rings (SSSR count). The van der Waals surface area contributed by atoms with E-state index in [1.807, 2.05) is 28.8 Å². The summed E-state index contributed by atoms with van der Waals surface area (Å²) in [6, 6.07) is 5.95. The van der Waals surface area contributed by atoms with Gasteiger partial charge in [-0.15, -0.1) is 34.2 Å². The van der Waals surface area contributed by atoms with Crippen LogP contribution in [0.3, 0.4) is 0 Å². The third kappa shape index (κ3) is 7.66. The average Bonchev–Trinajstić information content (AvgIpc) is 3.12. The molecule has 2 aromatic rings. The van der Waals surface area contributed by atoms with Crippen LogP contribution in [0, 0.1) is 5.92 Å². The molecule has 1 fully saturated rings. The van der Waals surface area contributed by atoms with Crippen LogP contribution < -0.4 is 10.6 Å². The van der Waals surface area contributed by atoms with Crippen molar-refractivity contribution >= 4 is 35.6 Å². The van der Waals surface area contributed by atoms with Crippen LogP contribution in [0.1, 0.15) is 33.0 Å². The molecule has 1 saturated heterocycles. The highest BCUT2D eigenvalue weighted by Crippen LogP contribution is 2.08. The number of pyridine rings is 1. The Hall–Kier alpha value is -1.46. The zero-order chi connectivity index (χ0) is 20.5. The lowest BCUT2D eigenvalue weighted by Crippen LogP contribution is -2.46. The monoisotopic (exact) mass is 529 g/mol. The Morgan fingerprint density at radius 2 is 2.17 bits per heavy atom. The number of aliphatic imine (C=N–C) groups is 1. The summed E-state index contributed by atoms with van der Waals surface area (Å²) in [7, 11) is 0. The second kappa shape index (κ2) is 13.1. The van der Waals surface area contributed by atoms with Crippen molar-refractivity contribution in [1.29, 1.82) is 0 Å². The summed E-state index contributed by atoms with van der Waals surface area (Å²) in [5, 5.41) is 15.2. The van der Waals surface area contributed by atoms with E-state index in [-0.39, 0.29) is 30.1 Å². The van der Waals surface area contributed by atoms with Gasteiger partial charge in [0.2, 0.25) is 0 Å². The second-order valence-corrected chi connectivity index (χ2v) is 7.94. The summed E-state index contributed by atoms with van der Waals surface area (Å²) < 4.78 is 7.96. The SMILES string of the molecule is CCNC(=NCC1CN(CC(C)C)CCO1)NCCCc1nnc2ccccn12.I. The first-order valence-electron chi connectivity index (χ1n) is 10.8. The first kappa shape index (κ1) is 24.8.